The summed E-state index contributed by atoms with van der Waals surface area (Å²) in [5, 5.41) is 1.73. The molecule has 32 heavy (non-hydrogen) atoms. The third-order valence-electron chi connectivity index (χ3n) is 6.06. The zero-order chi connectivity index (χ0) is 22.7. The number of benzene rings is 2. The predicted octanol–water partition coefficient (Wildman–Crippen LogP) is 3.74. The Labute approximate surface area is 196 Å². The van der Waals surface area contributed by atoms with Gasteiger partial charge >= 0.3 is 5.97 Å². The number of carbonyl (C=O) groups excluding carboxylic acids is 1. The summed E-state index contributed by atoms with van der Waals surface area (Å²) in [6, 6.07) is 13.1. The molecule has 0 unspecified atom stereocenters. The third kappa shape index (κ3) is 5.11. The molecule has 1 aliphatic heterocycles. The Balaban J connectivity index is 1.68. The molecule has 0 N–H and O–H groups in total. The number of fused-ring (bicyclic) bond motifs is 1. The Morgan fingerprint density at radius 3 is 2.53 bits per heavy atom. The molecule has 0 radical (unpaired) electrons. The largest absolute Gasteiger partial charge is 0.465 e. The summed E-state index contributed by atoms with van der Waals surface area (Å²) >= 11 is 3.57. The first kappa shape index (κ1) is 22.7. The van der Waals surface area contributed by atoms with Gasteiger partial charge in [0.1, 0.15) is 0 Å². The van der Waals surface area contributed by atoms with Gasteiger partial charge in [0.25, 0.3) is 5.56 Å². The van der Waals surface area contributed by atoms with E-state index in [2.05, 4.69) is 32.8 Å². The molecule has 0 amide bonds. The Morgan fingerprint density at radius 2 is 1.78 bits per heavy atom. The molecule has 7 heteroatoms. The van der Waals surface area contributed by atoms with Crippen LogP contribution in [-0.2, 0) is 17.8 Å². The number of rotatable bonds is 5. The average Bonchev–Trinajstić information content (AvgIpc) is 3.00. The molecule has 1 aromatic heterocycles. The fraction of sp³-hybridized carbons (Fsp3) is 0.360. The second-order valence-electron chi connectivity index (χ2n) is 8.40. The van der Waals surface area contributed by atoms with Crippen LogP contribution in [0, 0.1) is 0 Å². The lowest BCUT2D eigenvalue weighted by molar-refractivity contribution is 0.0600. The molecule has 0 saturated carbocycles. The van der Waals surface area contributed by atoms with Crippen molar-refractivity contribution in [1.29, 1.82) is 0 Å². The van der Waals surface area contributed by atoms with Gasteiger partial charge in [-0.3, -0.25) is 9.69 Å². The van der Waals surface area contributed by atoms with E-state index < -0.39 is 0 Å². The van der Waals surface area contributed by atoms with E-state index in [1.807, 2.05) is 36.5 Å². The Hall–Kier alpha value is -2.48. The minimum atomic E-state index is -0.365. The number of methoxy groups -OCH3 is 1. The highest BCUT2D eigenvalue weighted by Crippen LogP contribution is 2.23. The number of likely N-dealkylation sites (N-methyl/N-ethyl adjacent to an activating group) is 1. The molecule has 3 aromatic rings. The van der Waals surface area contributed by atoms with E-state index in [1.165, 1.54) is 7.11 Å². The number of hydrogen-bond donors (Lipinski definition) is 0. The van der Waals surface area contributed by atoms with Gasteiger partial charge in [0.05, 0.1) is 19.2 Å². The Morgan fingerprint density at radius 1 is 1.00 bits per heavy atom. The van der Waals surface area contributed by atoms with Crippen molar-refractivity contribution in [2.45, 2.75) is 19.5 Å². The zero-order valence-corrected chi connectivity index (χ0v) is 20.1. The summed E-state index contributed by atoms with van der Waals surface area (Å²) in [4.78, 5) is 29.8. The van der Waals surface area contributed by atoms with Crippen molar-refractivity contribution in [1.82, 2.24) is 14.4 Å². The molecule has 1 saturated heterocycles. The predicted molar refractivity (Wildman–Crippen MR) is 130 cm³/mol. The van der Waals surface area contributed by atoms with Crippen LogP contribution in [-0.4, -0.2) is 60.7 Å². The van der Waals surface area contributed by atoms with Gasteiger partial charge in [-0.05, 0) is 73.4 Å². The first-order chi connectivity index (χ1) is 15.4. The highest BCUT2D eigenvalue weighted by atomic mass is 79.9. The summed E-state index contributed by atoms with van der Waals surface area (Å²) in [6.07, 6.45) is 3.14. The van der Waals surface area contributed by atoms with Gasteiger partial charge < -0.3 is 14.2 Å². The van der Waals surface area contributed by atoms with E-state index >= 15 is 0 Å². The van der Waals surface area contributed by atoms with Gasteiger partial charge in [0, 0.05) is 35.7 Å². The number of hydrogen-bond acceptors (Lipinski definition) is 5. The fourth-order valence-corrected chi connectivity index (χ4v) is 4.60. The fourth-order valence-electron chi connectivity index (χ4n) is 4.24. The van der Waals surface area contributed by atoms with Crippen LogP contribution in [0.25, 0.3) is 10.8 Å². The number of halogens is 1. The number of esters is 1. The highest BCUT2D eigenvalue weighted by molar-refractivity contribution is 9.10. The van der Waals surface area contributed by atoms with E-state index in [-0.39, 0.29) is 11.5 Å². The molecule has 2 aromatic carbocycles. The summed E-state index contributed by atoms with van der Waals surface area (Å²) in [5.41, 5.74) is 2.60. The average molecular weight is 498 g/mol. The highest BCUT2D eigenvalue weighted by Gasteiger charge is 2.16. The molecule has 4 rings (SSSR count). The van der Waals surface area contributed by atoms with Crippen molar-refractivity contribution in [3.05, 3.63) is 80.2 Å². The molecule has 6 nitrogen and oxygen atoms in total. The lowest BCUT2D eigenvalue weighted by atomic mass is 10.1. The molecule has 2 heterocycles. The van der Waals surface area contributed by atoms with Crippen LogP contribution in [0.4, 0.5) is 0 Å². The smallest absolute Gasteiger partial charge is 0.337 e. The van der Waals surface area contributed by atoms with E-state index in [1.54, 1.807) is 16.7 Å². The second-order valence-corrected chi connectivity index (χ2v) is 9.31. The zero-order valence-electron chi connectivity index (χ0n) is 18.5. The van der Waals surface area contributed by atoms with Gasteiger partial charge in [0.15, 0.2) is 0 Å². The molecule has 0 spiro atoms. The van der Waals surface area contributed by atoms with Gasteiger partial charge in [0.2, 0.25) is 0 Å². The Bertz CT molecular complexity index is 1170. The molecule has 0 bridgehead atoms. The molecule has 1 aliphatic rings. The maximum Gasteiger partial charge on any atom is 0.337 e. The van der Waals surface area contributed by atoms with Crippen LogP contribution in [0.1, 0.15) is 27.9 Å². The lowest BCUT2D eigenvalue weighted by Crippen LogP contribution is -2.29. The number of nitrogens with zero attached hydrogens (tertiary/aromatic N) is 3. The number of aromatic nitrogens is 1. The maximum absolute atomic E-state index is 13.3. The maximum atomic E-state index is 13.3. The minimum absolute atomic E-state index is 0.0103. The van der Waals surface area contributed by atoms with E-state index in [9.17, 15) is 9.59 Å². The first-order valence-electron chi connectivity index (χ1n) is 10.8. The number of pyridine rings is 1. The SMILES string of the molecule is COC(=O)c1ccc(Cn2cc(CN3CCCN(C)CC3)c3cc(Br)ccc3c2=O)cc1. The van der Waals surface area contributed by atoms with Crippen LogP contribution in [0.15, 0.2) is 57.9 Å². The molecule has 168 valence electrons. The molecule has 0 atom stereocenters. The van der Waals surface area contributed by atoms with Gasteiger partial charge in [-0.2, -0.15) is 0 Å². The van der Waals surface area contributed by atoms with Crippen LogP contribution in [0.2, 0.25) is 0 Å². The Kier molecular flexibility index (Phi) is 7.08. The number of carbonyl (C=O) groups is 1. The quantitative estimate of drug-likeness (QED) is 0.502. The summed E-state index contributed by atoms with van der Waals surface area (Å²) < 4.78 is 7.52. The van der Waals surface area contributed by atoms with Crippen LogP contribution in [0.5, 0.6) is 0 Å². The topological polar surface area (TPSA) is 54.8 Å². The van der Waals surface area contributed by atoms with Crippen LogP contribution in [0.3, 0.4) is 0 Å². The summed E-state index contributed by atoms with van der Waals surface area (Å²) in [6.45, 7) is 5.48. The standard InChI is InChI=1S/C25H28BrN3O3/c1-27-10-3-11-28(13-12-27)16-20-17-29(24(30)22-9-8-21(26)14-23(20)22)15-18-4-6-19(7-5-18)25(31)32-2/h4-9,14,17H,3,10-13,15-16H2,1-2H3. The minimum Gasteiger partial charge on any atom is -0.465 e. The van der Waals surface area contributed by atoms with Crippen molar-refractivity contribution in [2.24, 2.45) is 0 Å². The second kappa shape index (κ2) is 9.98. The van der Waals surface area contributed by atoms with Crippen molar-refractivity contribution in [3.8, 4) is 0 Å². The molecular formula is C25H28BrN3O3. The normalized spacial score (nSPS) is 15.6. The number of ether oxygens (including phenoxy) is 1. The van der Waals surface area contributed by atoms with Crippen molar-refractivity contribution in [2.75, 3.05) is 40.3 Å². The summed E-state index contributed by atoms with van der Waals surface area (Å²) in [5.74, 6) is -0.365. The van der Waals surface area contributed by atoms with Crippen molar-refractivity contribution in [3.63, 3.8) is 0 Å². The van der Waals surface area contributed by atoms with Gasteiger partial charge in [-0.15, -0.1) is 0 Å². The van der Waals surface area contributed by atoms with Crippen LogP contribution >= 0.6 is 15.9 Å². The van der Waals surface area contributed by atoms with Gasteiger partial charge in [-0.25, -0.2) is 4.79 Å². The van der Waals surface area contributed by atoms with Gasteiger partial charge in [-0.1, -0.05) is 28.1 Å². The van der Waals surface area contributed by atoms with E-state index in [0.29, 0.717) is 12.1 Å². The van der Waals surface area contributed by atoms with E-state index in [0.717, 1.165) is 65.5 Å². The van der Waals surface area contributed by atoms with Crippen molar-refractivity contribution >= 4 is 32.7 Å². The monoisotopic (exact) mass is 497 g/mol. The molecular weight excluding hydrogens is 470 g/mol. The third-order valence-corrected chi connectivity index (χ3v) is 6.56. The van der Waals surface area contributed by atoms with Crippen LogP contribution < -0.4 is 5.56 Å². The molecule has 0 aliphatic carbocycles. The first-order valence-corrected chi connectivity index (χ1v) is 11.6. The lowest BCUT2D eigenvalue weighted by Gasteiger charge is -2.22. The van der Waals surface area contributed by atoms with Crippen molar-refractivity contribution < 1.29 is 9.53 Å². The molecule has 1 fully saturated rings. The van der Waals surface area contributed by atoms with E-state index in [4.69, 9.17) is 4.74 Å². The summed E-state index contributed by atoms with van der Waals surface area (Å²) in [7, 11) is 3.54.